The van der Waals surface area contributed by atoms with Crippen molar-refractivity contribution in [2.75, 3.05) is 0 Å². The van der Waals surface area contributed by atoms with Crippen LogP contribution in [0.1, 0.15) is 40.0 Å². The molecule has 3 nitrogen and oxygen atoms in total. The first-order valence-corrected chi connectivity index (χ1v) is 5.80. The fourth-order valence-corrected chi connectivity index (χ4v) is 2.45. The number of rotatable bonds is 1. The lowest BCUT2D eigenvalue weighted by atomic mass is 9.94. The molecule has 2 aliphatic rings. The Morgan fingerprint density at radius 3 is 2.80 bits per heavy atom. The molecule has 0 aliphatic carbocycles. The van der Waals surface area contributed by atoms with Crippen LogP contribution in [0.3, 0.4) is 0 Å². The van der Waals surface area contributed by atoms with Gasteiger partial charge in [0, 0.05) is 5.54 Å². The molecular weight excluding hydrogens is 190 g/mol. The molecule has 3 atom stereocenters. The van der Waals surface area contributed by atoms with Crippen molar-refractivity contribution in [3.05, 3.63) is 12.3 Å². The Morgan fingerprint density at radius 1 is 1.40 bits per heavy atom. The standard InChI is InChI=1S/C12H21NO2/c1-9-8-12(2,3)13-11(15-9)10-6-4-5-7-14-10/h5,7,9-11,13H,4,6,8H2,1-3H3/t9-,10-,11-/m0/s1. The van der Waals surface area contributed by atoms with Gasteiger partial charge in [-0.3, -0.25) is 5.32 Å². The fourth-order valence-electron chi connectivity index (χ4n) is 2.45. The zero-order chi connectivity index (χ0) is 10.9. The molecule has 0 aromatic rings. The van der Waals surface area contributed by atoms with Crippen molar-refractivity contribution in [1.29, 1.82) is 0 Å². The summed E-state index contributed by atoms with van der Waals surface area (Å²) in [6.07, 6.45) is 7.54. The maximum absolute atomic E-state index is 5.89. The third-order valence-electron chi connectivity index (χ3n) is 3.01. The molecular formula is C12H21NO2. The first kappa shape index (κ1) is 11.0. The van der Waals surface area contributed by atoms with Gasteiger partial charge in [-0.1, -0.05) is 0 Å². The summed E-state index contributed by atoms with van der Waals surface area (Å²) < 4.78 is 11.5. The topological polar surface area (TPSA) is 30.5 Å². The summed E-state index contributed by atoms with van der Waals surface area (Å²) in [5, 5.41) is 3.51. The van der Waals surface area contributed by atoms with E-state index in [0.717, 1.165) is 19.3 Å². The molecule has 0 bridgehead atoms. The average molecular weight is 211 g/mol. The Labute approximate surface area is 91.8 Å². The lowest BCUT2D eigenvalue weighted by Crippen LogP contribution is -2.59. The number of hydrogen-bond donors (Lipinski definition) is 1. The fraction of sp³-hybridized carbons (Fsp3) is 0.833. The van der Waals surface area contributed by atoms with Crippen molar-refractivity contribution < 1.29 is 9.47 Å². The maximum atomic E-state index is 5.89. The van der Waals surface area contributed by atoms with Crippen LogP contribution in [0.2, 0.25) is 0 Å². The average Bonchev–Trinajstić information content (AvgIpc) is 2.16. The lowest BCUT2D eigenvalue weighted by molar-refractivity contribution is -0.142. The minimum absolute atomic E-state index is 0.0358. The van der Waals surface area contributed by atoms with E-state index in [2.05, 4.69) is 32.2 Å². The van der Waals surface area contributed by atoms with Gasteiger partial charge in [0.1, 0.15) is 12.3 Å². The van der Waals surface area contributed by atoms with E-state index in [4.69, 9.17) is 9.47 Å². The van der Waals surface area contributed by atoms with Crippen LogP contribution in [-0.2, 0) is 9.47 Å². The molecule has 0 unspecified atom stereocenters. The summed E-state index contributed by atoms with van der Waals surface area (Å²) in [5.74, 6) is 0. The summed E-state index contributed by atoms with van der Waals surface area (Å²) >= 11 is 0. The zero-order valence-electron chi connectivity index (χ0n) is 9.82. The summed E-state index contributed by atoms with van der Waals surface area (Å²) in [7, 11) is 0. The van der Waals surface area contributed by atoms with Gasteiger partial charge in [0.2, 0.25) is 0 Å². The van der Waals surface area contributed by atoms with Crippen LogP contribution in [0.5, 0.6) is 0 Å². The van der Waals surface area contributed by atoms with Crippen molar-refractivity contribution in [1.82, 2.24) is 5.32 Å². The SMILES string of the molecule is C[C@H]1CC(C)(C)N[C@H]([C@@H]2CCC=CO2)O1. The van der Waals surface area contributed by atoms with Gasteiger partial charge in [-0.25, -0.2) is 0 Å². The van der Waals surface area contributed by atoms with Crippen LogP contribution < -0.4 is 5.32 Å². The zero-order valence-corrected chi connectivity index (χ0v) is 9.82. The van der Waals surface area contributed by atoms with E-state index in [1.54, 1.807) is 6.26 Å². The predicted octanol–water partition coefficient (Wildman–Crippen LogP) is 2.18. The quantitative estimate of drug-likeness (QED) is 0.721. The number of allylic oxidation sites excluding steroid dienone is 1. The Balaban J connectivity index is 1.99. The molecule has 0 radical (unpaired) electrons. The van der Waals surface area contributed by atoms with E-state index < -0.39 is 0 Å². The lowest BCUT2D eigenvalue weighted by Gasteiger charge is -2.43. The second-order valence-corrected chi connectivity index (χ2v) is 5.22. The highest BCUT2D eigenvalue weighted by Gasteiger charge is 2.36. The van der Waals surface area contributed by atoms with E-state index in [9.17, 15) is 0 Å². The smallest absolute Gasteiger partial charge is 0.146 e. The molecule has 0 aromatic carbocycles. The van der Waals surface area contributed by atoms with E-state index in [-0.39, 0.29) is 17.9 Å². The van der Waals surface area contributed by atoms with Gasteiger partial charge in [-0.05, 0) is 46.1 Å². The van der Waals surface area contributed by atoms with Crippen molar-refractivity contribution in [3.8, 4) is 0 Å². The van der Waals surface area contributed by atoms with E-state index in [0.29, 0.717) is 6.10 Å². The van der Waals surface area contributed by atoms with Gasteiger partial charge in [0.05, 0.1) is 12.4 Å². The molecule has 86 valence electrons. The number of ether oxygens (including phenoxy) is 2. The van der Waals surface area contributed by atoms with E-state index >= 15 is 0 Å². The molecule has 1 saturated heterocycles. The molecule has 0 amide bonds. The maximum Gasteiger partial charge on any atom is 0.146 e. The van der Waals surface area contributed by atoms with Crippen molar-refractivity contribution in [2.24, 2.45) is 0 Å². The molecule has 2 rings (SSSR count). The first-order valence-electron chi connectivity index (χ1n) is 5.80. The monoisotopic (exact) mass is 211 g/mol. The predicted molar refractivity (Wildman–Crippen MR) is 59.4 cm³/mol. The van der Waals surface area contributed by atoms with Crippen molar-refractivity contribution in [3.63, 3.8) is 0 Å². The van der Waals surface area contributed by atoms with Gasteiger partial charge in [-0.15, -0.1) is 0 Å². The normalized spacial score (nSPS) is 39.8. The van der Waals surface area contributed by atoms with Gasteiger partial charge < -0.3 is 9.47 Å². The van der Waals surface area contributed by atoms with Crippen LogP contribution in [0.4, 0.5) is 0 Å². The molecule has 2 aliphatic heterocycles. The second-order valence-electron chi connectivity index (χ2n) is 5.22. The summed E-state index contributed by atoms with van der Waals surface area (Å²) in [4.78, 5) is 0. The summed E-state index contributed by atoms with van der Waals surface area (Å²) in [5.41, 5.74) is 0.146. The van der Waals surface area contributed by atoms with Gasteiger partial charge in [0.25, 0.3) is 0 Å². The second kappa shape index (κ2) is 4.14. The number of hydrogen-bond acceptors (Lipinski definition) is 3. The molecule has 0 spiro atoms. The minimum atomic E-state index is 0.0358. The molecule has 1 N–H and O–H groups in total. The number of nitrogens with one attached hydrogen (secondary N) is 1. The molecule has 2 heterocycles. The van der Waals surface area contributed by atoms with E-state index in [1.807, 2.05) is 0 Å². The van der Waals surface area contributed by atoms with Crippen LogP contribution >= 0.6 is 0 Å². The van der Waals surface area contributed by atoms with Crippen molar-refractivity contribution >= 4 is 0 Å². The molecule has 3 heteroatoms. The highest BCUT2D eigenvalue weighted by molar-refractivity contribution is 4.92. The molecule has 0 aromatic heterocycles. The molecule has 15 heavy (non-hydrogen) atoms. The minimum Gasteiger partial charge on any atom is -0.494 e. The molecule has 1 fully saturated rings. The summed E-state index contributed by atoms with van der Waals surface area (Å²) in [6.45, 7) is 6.57. The first-order chi connectivity index (χ1) is 7.07. The largest absolute Gasteiger partial charge is 0.494 e. The van der Waals surface area contributed by atoms with Crippen LogP contribution in [0.25, 0.3) is 0 Å². The van der Waals surface area contributed by atoms with E-state index in [1.165, 1.54) is 0 Å². The highest BCUT2D eigenvalue weighted by Crippen LogP contribution is 2.26. The van der Waals surface area contributed by atoms with Crippen LogP contribution in [0.15, 0.2) is 12.3 Å². The van der Waals surface area contributed by atoms with Crippen molar-refractivity contribution in [2.45, 2.75) is 64.0 Å². The third-order valence-corrected chi connectivity index (χ3v) is 3.01. The highest BCUT2D eigenvalue weighted by atomic mass is 16.6. The van der Waals surface area contributed by atoms with Crippen LogP contribution in [-0.4, -0.2) is 24.0 Å². The molecule has 0 saturated carbocycles. The summed E-state index contributed by atoms with van der Waals surface area (Å²) in [6, 6.07) is 0. The van der Waals surface area contributed by atoms with Gasteiger partial charge in [0.15, 0.2) is 0 Å². The van der Waals surface area contributed by atoms with Gasteiger partial charge >= 0.3 is 0 Å². The van der Waals surface area contributed by atoms with Gasteiger partial charge in [-0.2, -0.15) is 0 Å². The Hall–Kier alpha value is -0.540. The third kappa shape index (κ3) is 2.73. The Kier molecular flexibility index (Phi) is 3.03. The Bertz CT molecular complexity index is 250. The van der Waals surface area contributed by atoms with Crippen LogP contribution in [0, 0.1) is 0 Å². The Morgan fingerprint density at radius 2 is 2.20 bits per heavy atom.